The zero-order chi connectivity index (χ0) is 11.8. The van der Waals surface area contributed by atoms with E-state index in [0.717, 1.165) is 31.1 Å². The van der Waals surface area contributed by atoms with Crippen LogP contribution in [0.5, 0.6) is 0 Å². The molecule has 1 fully saturated rings. The third-order valence-electron chi connectivity index (χ3n) is 2.76. The standard InChI is InChI=1S/C12H17IN2O/c1-12(2)8-15(5-6-16-12)11-4-3-9(13)7-10(11)14/h3-4,7H,5-6,8,14H2,1-2H3. The summed E-state index contributed by atoms with van der Waals surface area (Å²) in [6, 6.07) is 6.20. The van der Waals surface area contributed by atoms with Gasteiger partial charge in [-0.1, -0.05) is 0 Å². The van der Waals surface area contributed by atoms with Crippen LogP contribution in [0.1, 0.15) is 13.8 Å². The second-order valence-corrected chi connectivity index (χ2v) is 5.98. The second kappa shape index (κ2) is 4.41. The lowest BCUT2D eigenvalue weighted by Gasteiger charge is -2.39. The Bertz CT molecular complexity index is 393. The molecule has 0 aromatic heterocycles. The first-order valence-corrected chi connectivity index (χ1v) is 6.50. The molecule has 16 heavy (non-hydrogen) atoms. The highest BCUT2D eigenvalue weighted by molar-refractivity contribution is 14.1. The molecule has 0 spiro atoms. The summed E-state index contributed by atoms with van der Waals surface area (Å²) < 4.78 is 6.87. The highest BCUT2D eigenvalue weighted by Gasteiger charge is 2.27. The van der Waals surface area contributed by atoms with Gasteiger partial charge in [-0.05, 0) is 54.6 Å². The van der Waals surface area contributed by atoms with E-state index in [-0.39, 0.29) is 5.60 Å². The van der Waals surface area contributed by atoms with Gasteiger partial charge in [0.2, 0.25) is 0 Å². The van der Waals surface area contributed by atoms with Crippen LogP contribution >= 0.6 is 22.6 Å². The fraction of sp³-hybridized carbons (Fsp3) is 0.500. The van der Waals surface area contributed by atoms with E-state index >= 15 is 0 Å². The Hall–Kier alpha value is -0.490. The van der Waals surface area contributed by atoms with Crippen molar-refractivity contribution in [2.24, 2.45) is 0 Å². The number of benzene rings is 1. The average Bonchev–Trinajstić information content (AvgIpc) is 2.15. The van der Waals surface area contributed by atoms with Crippen LogP contribution < -0.4 is 10.6 Å². The smallest absolute Gasteiger partial charge is 0.0801 e. The molecule has 1 aliphatic heterocycles. The fourth-order valence-electron chi connectivity index (χ4n) is 2.04. The third-order valence-corrected chi connectivity index (χ3v) is 3.43. The summed E-state index contributed by atoms with van der Waals surface area (Å²) in [5.41, 5.74) is 7.94. The van der Waals surface area contributed by atoms with Crippen molar-refractivity contribution in [2.75, 3.05) is 30.3 Å². The quantitative estimate of drug-likeness (QED) is 0.634. The number of hydrogen-bond donors (Lipinski definition) is 1. The molecular formula is C12H17IN2O. The first-order chi connectivity index (χ1) is 7.48. The van der Waals surface area contributed by atoms with Crippen molar-refractivity contribution < 1.29 is 4.74 Å². The molecule has 2 rings (SSSR count). The zero-order valence-electron chi connectivity index (χ0n) is 9.66. The van der Waals surface area contributed by atoms with Gasteiger partial charge in [0, 0.05) is 16.7 Å². The predicted molar refractivity (Wildman–Crippen MR) is 75.8 cm³/mol. The molecule has 0 saturated carbocycles. The van der Waals surface area contributed by atoms with Gasteiger partial charge in [-0.2, -0.15) is 0 Å². The largest absolute Gasteiger partial charge is 0.397 e. The van der Waals surface area contributed by atoms with E-state index in [1.54, 1.807) is 0 Å². The van der Waals surface area contributed by atoms with Crippen molar-refractivity contribution in [2.45, 2.75) is 19.4 Å². The van der Waals surface area contributed by atoms with Gasteiger partial charge in [0.1, 0.15) is 0 Å². The number of nitrogens with zero attached hydrogens (tertiary/aromatic N) is 1. The number of anilines is 2. The lowest BCUT2D eigenvalue weighted by molar-refractivity contribution is -0.0276. The number of rotatable bonds is 1. The molecule has 3 nitrogen and oxygen atoms in total. The first-order valence-electron chi connectivity index (χ1n) is 5.42. The summed E-state index contributed by atoms with van der Waals surface area (Å²) in [4.78, 5) is 2.30. The lowest BCUT2D eigenvalue weighted by atomic mass is 10.1. The van der Waals surface area contributed by atoms with Gasteiger partial charge in [-0.15, -0.1) is 0 Å². The van der Waals surface area contributed by atoms with Crippen LogP contribution in [-0.2, 0) is 4.74 Å². The van der Waals surface area contributed by atoms with Gasteiger partial charge < -0.3 is 15.4 Å². The molecule has 1 saturated heterocycles. The van der Waals surface area contributed by atoms with Gasteiger partial charge in [0.15, 0.2) is 0 Å². The van der Waals surface area contributed by atoms with E-state index in [1.807, 2.05) is 6.07 Å². The van der Waals surface area contributed by atoms with E-state index in [2.05, 4.69) is 53.5 Å². The van der Waals surface area contributed by atoms with Gasteiger partial charge in [-0.3, -0.25) is 0 Å². The summed E-state index contributed by atoms with van der Waals surface area (Å²) in [5, 5.41) is 0. The molecule has 0 radical (unpaired) electrons. The van der Waals surface area contributed by atoms with Gasteiger partial charge in [0.05, 0.1) is 23.6 Å². The van der Waals surface area contributed by atoms with E-state index < -0.39 is 0 Å². The van der Waals surface area contributed by atoms with Crippen molar-refractivity contribution in [3.8, 4) is 0 Å². The van der Waals surface area contributed by atoms with Crippen molar-refractivity contribution in [3.05, 3.63) is 21.8 Å². The molecule has 1 aromatic carbocycles. The molecule has 2 N–H and O–H groups in total. The number of morpholine rings is 1. The van der Waals surface area contributed by atoms with Gasteiger partial charge in [-0.25, -0.2) is 0 Å². The summed E-state index contributed by atoms with van der Waals surface area (Å²) in [6.07, 6.45) is 0. The molecule has 1 heterocycles. The minimum absolute atomic E-state index is 0.0896. The fourth-order valence-corrected chi connectivity index (χ4v) is 2.55. The molecule has 1 aliphatic rings. The maximum absolute atomic E-state index is 6.05. The topological polar surface area (TPSA) is 38.5 Å². The number of halogens is 1. The average molecular weight is 332 g/mol. The number of hydrogen-bond acceptors (Lipinski definition) is 3. The van der Waals surface area contributed by atoms with Crippen LogP contribution in [0.3, 0.4) is 0 Å². The molecule has 4 heteroatoms. The van der Waals surface area contributed by atoms with Crippen molar-refractivity contribution in [3.63, 3.8) is 0 Å². The normalized spacial score (nSPS) is 19.8. The van der Waals surface area contributed by atoms with Crippen molar-refractivity contribution in [1.29, 1.82) is 0 Å². The van der Waals surface area contributed by atoms with E-state index in [9.17, 15) is 0 Å². The summed E-state index contributed by atoms with van der Waals surface area (Å²) in [6.45, 7) is 6.79. The van der Waals surface area contributed by atoms with Crippen LogP contribution in [0.2, 0.25) is 0 Å². The van der Waals surface area contributed by atoms with E-state index in [0.29, 0.717) is 0 Å². The lowest BCUT2D eigenvalue weighted by Crippen LogP contribution is -2.48. The number of nitrogen functional groups attached to an aromatic ring is 1. The number of ether oxygens (including phenoxy) is 1. The van der Waals surface area contributed by atoms with Crippen LogP contribution in [0.25, 0.3) is 0 Å². The summed E-state index contributed by atoms with van der Waals surface area (Å²) in [7, 11) is 0. The van der Waals surface area contributed by atoms with Crippen LogP contribution in [0.4, 0.5) is 11.4 Å². The third kappa shape index (κ3) is 2.60. The predicted octanol–water partition coefficient (Wildman–Crippen LogP) is 2.49. The summed E-state index contributed by atoms with van der Waals surface area (Å²) in [5.74, 6) is 0. The Morgan fingerprint density at radius 1 is 1.44 bits per heavy atom. The molecule has 0 aliphatic carbocycles. The Labute approximate surface area is 110 Å². The molecule has 1 aromatic rings. The number of nitrogens with two attached hydrogens (primary N) is 1. The van der Waals surface area contributed by atoms with Crippen LogP contribution in [-0.4, -0.2) is 25.3 Å². The molecular weight excluding hydrogens is 315 g/mol. The zero-order valence-corrected chi connectivity index (χ0v) is 11.8. The molecule has 0 unspecified atom stereocenters. The highest BCUT2D eigenvalue weighted by Crippen LogP contribution is 2.29. The Balaban J connectivity index is 2.23. The Morgan fingerprint density at radius 2 is 2.19 bits per heavy atom. The molecule has 0 amide bonds. The minimum atomic E-state index is -0.0896. The van der Waals surface area contributed by atoms with E-state index in [1.165, 1.54) is 3.57 Å². The monoisotopic (exact) mass is 332 g/mol. The van der Waals surface area contributed by atoms with Crippen LogP contribution in [0, 0.1) is 3.57 Å². The second-order valence-electron chi connectivity index (χ2n) is 4.73. The van der Waals surface area contributed by atoms with Crippen molar-refractivity contribution >= 4 is 34.0 Å². The van der Waals surface area contributed by atoms with Gasteiger partial charge in [0.25, 0.3) is 0 Å². The maximum Gasteiger partial charge on any atom is 0.0801 e. The minimum Gasteiger partial charge on any atom is -0.397 e. The molecule has 88 valence electrons. The van der Waals surface area contributed by atoms with Crippen molar-refractivity contribution in [1.82, 2.24) is 0 Å². The van der Waals surface area contributed by atoms with Gasteiger partial charge >= 0.3 is 0 Å². The Kier molecular flexibility index (Phi) is 3.30. The highest BCUT2D eigenvalue weighted by atomic mass is 127. The van der Waals surface area contributed by atoms with E-state index in [4.69, 9.17) is 10.5 Å². The van der Waals surface area contributed by atoms with Crippen LogP contribution in [0.15, 0.2) is 18.2 Å². The Morgan fingerprint density at radius 3 is 2.81 bits per heavy atom. The molecule has 0 bridgehead atoms. The first kappa shape index (κ1) is 12.0. The maximum atomic E-state index is 6.05. The molecule has 0 atom stereocenters. The SMILES string of the molecule is CC1(C)CN(c2ccc(I)cc2N)CCO1. The summed E-state index contributed by atoms with van der Waals surface area (Å²) >= 11 is 2.28.